The highest BCUT2D eigenvalue weighted by Gasteiger charge is 2.31. The smallest absolute Gasteiger partial charge is 0.345 e. The molecule has 1 fully saturated rings. The number of hydrogen-bond acceptors (Lipinski definition) is 7. The molecule has 0 atom stereocenters. The van der Waals surface area contributed by atoms with E-state index in [0.717, 1.165) is 12.1 Å². The summed E-state index contributed by atoms with van der Waals surface area (Å²) in [5.41, 5.74) is 1.46. The predicted octanol–water partition coefficient (Wildman–Crippen LogP) is 4.81. The fraction of sp³-hybridized carbons (Fsp3) is 0.240. The number of aromatic amines is 1. The minimum absolute atomic E-state index is 0.284. The van der Waals surface area contributed by atoms with Gasteiger partial charge in [0.05, 0.1) is 33.1 Å². The van der Waals surface area contributed by atoms with Crippen LogP contribution in [0.1, 0.15) is 29.5 Å². The molecule has 5 rings (SSSR count). The molecular formula is C25H23F3N6O2S. The standard InChI is InChI=1S/C25H23F3N6O2S/c26-25(27,28)18-11-17(23-22(12-18)32-15-33-23)2-1-16-13-30-24(31-14-16)34-19-3-5-20(6-4-19)37(35,36)21-7-9-29-10-8-21/h1-6,11-15,21,29H,7-10H2,(H,32,33)(H,30,31,34)/b2-1+. The van der Waals surface area contributed by atoms with Crippen molar-refractivity contribution in [1.82, 2.24) is 25.3 Å². The third kappa shape index (κ3) is 5.49. The molecule has 0 unspecified atom stereocenters. The summed E-state index contributed by atoms with van der Waals surface area (Å²) in [7, 11) is -3.38. The van der Waals surface area contributed by atoms with Crippen molar-refractivity contribution in [2.24, 2.45) is 0 Å². The Morgan fingerprint density at radius 3 is 2.35 bits per heavy atom. The molecule has 1 aliphatic rings. The molecule has 2 aromatic carbocycles. The van der Waals surface area contributed by atoms with Crippen molar-refractivity contribution in [2.75, 3.05) is 18.4 Å². The van der Waals surface area contributed by atoms with Crippen LogP contribution in [0.5, 0.6) is 0 Å². The van der Waals surface area contributed by atoms with E-state index in [0.29, 0.717) is 59.7 Å². The number of rotatable bonds is 6. The lowest BCUT2D eigenvalue weighted by molar-refractivity contribution is -0.137. The normalized spacial score (nSPS) is 15.4. The molecular weight excluding hydrogens is 505 g/mol. The van der Waals surface area contributed by atoms with E-state index >= 15 is 0 Å². The number of imidazole rings is 1. The van der Waals surface area contributed by atoms with Crippen LogP contribution >= 0.6 is 0 Å². The van der Waals surface area contributed by atoms with Crippen LogP contribution in [0.4, 0.5) is 24.8 Å². The van der Waals surface area contributed by atoms with Gasteiger partial charge in [-0.05, 0) is 62.3 Å². The fourth-order valence-corrected chi connectivity index (χ4v) is 5.95. The number of piperidine rings is 1. The summed E-state index contributed by atoms with van der Waals surface area (Å²) in [6, 6.07) is 8.54. The second-order valence-electron chi connectivity index (χ2n) is 8.68. The first kappa shape index (κ1) is 24.9. The van der Waals surface area contributed by atoms with Gasteiger partial charge in [-0.2, -0.15) is 13.2 Å². The largest absolute Gasteiger partial charge is 0.416 e. The van der Waals surface area contributed by atoms with Crippen LogP contribution in [-0.4, -0.2) is 46.7 Å². The summed E-state index contributed by atoms with van der Waals surface area (Å²) in [5, 5.41) is 5.81. The first-order valence-electron chi connectivity index (χ1n) is 11.6. The molecule has 12 heteroatoms. The number of hydrogen-bond donors (Lipinski definition) is 3. The summed E-state index contributed by atoms with van der Waals surface area (Å²) in [5.74, 6) is 0.292. The van der Waals surface area contributed by atoms with Gasteiger partial charge < -0.3 is 15.6 Å². The number of fused-ring (bicyclic) bond motifs is 1. The van der Waals surface area contributed by atoms with Gasteiger partial charge in [-0.25, -0.2) is 23.4 Å². The summed E-state index contributed by atoms with van der Waals surface area (Å²) in [6.45, 7) is 1.39. The number of nitrogens with zero attached hydrogens (tertiary/aromatic N) is 3. The lowest BCUT2D eigenvalue weighted by Gasteiger charge is -2.22. The maximum atomic E-state index is 13.2. The average molecular weight is 529 g/mol. The van der Waals surface area contributed by atoms with Gasteiger partial charge >= 0.3 is 6.18 Å². The van der Waals surface area contributed by atoms with E-state index < -0.39 is 21.6 Å². The summed E-state index contributed by atoms with van der Waals surface area (Å²) >= 11 is 0. The SMILES string of the molecule is O=S(=O)(c1ccc(Nc2ncc(/C=C/c3cc(C(F)(F)F)cc4[nH]cnc34)cn2)cc1)C1CCNCC1. The molecule has 1 aliphatic heterocycles. The summed E-state index contributed by atoms with van der Waals surface area (Å²) in [6.07, 6.45) is 4.25. The van der Waals surface area contributed by atoms with E-state index in [9.17, 15) is 21.6 Å². The van der Waals surface area contributed by atoms with E-state index in [1.54, 1.807) is 30.3 Å². The van der Waals surface area contributed by atoms with E-state index in [1.165, 1.54) is 24.8 Å². The fourth-order valence-electron chi connectivity index (χ4n) is 4.20. The Balaban J connectivity index is 1.28. The van der Waals surface area contributed by atoms with Gasteiger partial charge in [0.1, 0.15) is 0 Å². The first-order valence-corrected chi connectivity index (χ1v) is 13.1. The zero-order valence-corrected chi connectivity index (χ0v) is 20.3. The van der Waals surface area contributed by atoms with Crippen molar-refractivity contribution in [2.45, 2.75) is 29.2 Å². The first-order chi connectivity index (χ1) is 17.7. The molecule has 2 aromatic heterocycles. The highest BCUT2D eigenvalue weighted by molar-refractivity contribution is 7.92. The molecule has 0 aliphatic carbocycles. The Kier molecular flexibility index (Phi) is 6.69. The van der Waals surface area contributed by atoms with Crippen molar-refractivity contribution in [3.8, 4) is 0 Å². The average Bonchev–Trinajstić information content (AvgIpc) is 3.38. The van der Waals surface area contributed by atoms with Crippen molar-refractivity contribution in [1.29, 1.82) is 0 Å². The second kappa shape index (κ2) is 9.94. The lowest BCUT2D eigenvalue weighted by Crippen LogP contribution is -2.35. The third-order valence-electron chi connectivity index (χ3n) is 6.17. The summed E-state index contributed by atoms with van der Waals surface area (Å²) in [4.78, 5) is 15.6. The Labute approximate surface area is 211 Å². The highest BCUT2D eigenvalue weighted by Crippen LogP contribution is 2.33. The topological polar surface area (TPSA) is 113 Å². The third-order valence-corrected chi connectivity index (χ3v) is 8.45. The number of sulfone groups is 1. The Morgan fingerprint density at radius 1 is 0.973 bits per heavy atom. The van der Waals surface area contributed by atoms with Gasteiger partial charge in [0.2, 0.25) is 5.95 Å². The molecule has 1 saturated heterocycles. The van der Waals surface area contributed by atoms with E-state index in [-0.39, 0.29) is 10.1 Å². The minimum atomic E-state index is -4.48. The maximum Gasteiger partial charge on any atom is 0.416 e. The number of H-pyrrole nitrogens is 1. The van der Waals surface area contributed by atoms with E-state index in [2.05, 4.69) is 30.6 Å². The van der Waals surface area contributed by atoms with Crippen LogP contribution in [0.25, 0.3) is 23.2 Å². The lowest BCUT2D eigenvalue weighted by atomic mass is 10.1. The molecule has 0 radical (unpaired) electrons. The van der Waals surface area contributed by atoms with Gasteiger partial charge in [0.25, 0.3) is 0 Å². The van der Waals surface area contributed by atoms with Crippen molar-refractivity contribution < 1.29 is 21.6 Å². The van der Waals surface area contributed by atoms with E-state index in [4.69, 9.17) is 0 Å². The quantitative estimate of drug-likeness (QED) is 0.329. The monoisotopic (exact) mass is 528 g/mol. The van der Waals surface area contributed by atoms with Crippen LogP contribution in [0, 0.1) is 0 Å². The van der Waals surface area contributed by atoms with E-state index in [1.807, 2.05) is 0 Å². The van der Waals surface area contributed by atoms with Gasteiger partial charge in [0, 0.05) is 29.2 Å². The maximum absolute atomic E-state index is 13.2. The Bertz CT molecular complexity index is 1530. The van der Waals surface area contributed by atoms with Gasteiger partial charge in [-0.15, -0.1) is 0 Å². The number of anilines is 2. The molecule has 4 aromatic rings. The molecule has 37 heavy (non-hydrogen) atoms. The van der Waals surface area contributed by atoms with Crippen LogP contribution < -0.4 is 10.6 Å². The molecule has 3 N–H and O–H groups in total. The zero-order chi connectivity index (χ0) is 26.0. The molecule has 3 heterocycles. The summed E-state index contributed by atoms with van der Waals surface area (Å²) < 4.78 is 65.4. The molecule has 8 nitrogen and oxygen atoms in total. The molecule has 0 bridgehead atoms. The van der Waals surface area contributed by atoms with Crippen molar-refractivity contribution in [3.05, 3.63) is 71.8 Å². The van der Waals surface area contributed by atoms with Crippen LogP contribution in [0.15, 0.2) is 60.0 Å². The van der Waals surface area contributed by atoms with Crippen molar-refractivity contribution >= 4 is 44.7 Å². The number of benzene rings is 2. The minimum Gasteiger partial charge on any atom is -0.345 e. The van der Waals surface area contributed by atoms with Crippen LogP contribution in [-0.2, 0) is 16.0 Å². The number of aromatic nitrogens is 4. The van der Waals surface area contributed by atoms with Gasteiger partial charge in [-0.1, -0.05) is 12.2 Å². The molecule has 0 amide bonds. The number of alkyl halides is 3. The Hall–Kier alpha value is -3.77. The van der Waals surface area contributed by atoms with Crippen LogP contribution in [0.2, 0.25) is 0 Å². The molecule has 192 valence electrons. The zero-order valence-electron chi connectivity index (χ0n) is 19.5. The Morgan fingerprint density at radius 2 is 1.68 bits per heavy atom. The highest BCUT2D eigenvalue weighted by atomic mass is 32.2. The van der Waals surface area contributed by atoms with Gasteiger partial charge in [-0.3, -0.25) is 0 Å². The van der Waals surface area contributed by atoms with Crippen molar-refractivity contribution in [3.63, 3.8) is 0 Å². The second-order valence-corrected chi connectivity index (χ2v) is 10.9. The number of nitrogens with one attached hydrogen (secondary N) is 3. The van der Waals surface area contributed by atoms with Crippen LogP contribution in [0.3, 0.4) is 0 Å². The number of halogens is 3. The molecule has 0 spiro atoms. The predicted molar refractivity (Wildman–Crippen MR) is 135 cm³/mol. The van der Waals surface area contributed by atoms with Gasteiger partial charge in [0.15, 0.2) is 9.84 Å². The molecule has 0 saturated carbocycles.